The van der Waals surface area contributed by atoms with Crippen molar-refractivity contribution < 1.29 is 36.1 Å². The van der Waals surface area contributed by atoms with Crippen molar-refractivity contribution in [1.29, 1.82) is 0 Å². The molecule has 104 heavy (non-hydrogen) atoms. The number of pyridine rings is 7. The molecule has 0 saturated carbocycles. The SMILES string of the molecule is Cc1cc[n+](C)c(-c2ccccc2C)c1.Cc1cc[n+](C)c(-c2ccccc2C)c1.Cc1ccc(-c2ccccc2C)[n+](C)c1.Cc1ccccc1-c1cccc(C)[n+]1C.Cc1ccccc1-c1cccc(C)[n+]1C.Cc1ccccc1-c1cccc[n+]1C.[2H]C([2H])([2H])c1ccc(-c2ccccc2C)[n+](C)c1. The molecule has 0 radical (unpaired) electrons. The van der Waals surface area contributed by atoms with E-state index in [4.69, 9.17) is 4.11 Å². The zero-order chi connectivity index (χ0) is 77.5. The quantitative estimate of drug-likeness (QED) is 0.142. The molecule has 526 valence electrons. The molecule has 0 unspecified atom stereocenters. The van der Waals surface area contributed by atoms with Gasteiger partial charge in [0.2, 0.25) is 39.9 Å². The Morgan fingerprint density at radius 3 is 0.769 bits per heavy atom. The third-order valence-corrected chi connectivity index (χ3v) is 19.0. The van der Waals surface area contributed by atoms with E-state index in [9.17, 15) is 0 Å². The highest BCUT2D eigenvalue weighted by atomic mass is 15.0. The van der Waals surface area contributed by atoms with Crippen LogP contribution in [0, 0.1) is 89.9 Å². The van der Waals surface area contributed by atoms with Crippen LogP contribution in [0.2, 0.25) is 0 Å². The van der Waals surface area contributed by atoms with Gasteiger partial charge < -0.3 is 0 Å². The van der Waals surface area contributed by atoms with Crippen LogP contribution in [0.1, 0.15) is 76.7 Å². The van der Waals surface area contributed by atoms with Gasteiger partial charge in [0.25, 0.3) is 0 Å². The highest BCUT2D eigenvalue weighted by Gasteiger charge is 2.18. The third kappa shape index (κ3) is 21.3. The number of hydrogen-bond acceptors (Lipinski definition) is 0. The summed E-state index contributed by atoms with van der Waals surface area (Å²) in [6.07, 6.45) is 10.1. The second-order valence-corrected chi connectivity index (χ2v) is 27.1. The van der Waals surface area contributed by atoms with Crippen LogP contribution in [0.4, 0.5) is 0 Å². The summed E-state index contributed by atoms with van der Waals surface area (Å²) in [5.74, 6) is 0. The highest BCUT2D eigenvalue weighted by molar-refractivity contribution is 5.66. The first-order chi connectivity index (χ1) is 51.1. The Morgan fingerprint density at radius 2 is 0.462 bits per heavy atom. The van der Waals surface area contributed by atoms with Gasteiger partial charge in [-0.05, 0) is 199 Å². The zero-order valence-corrected chi connectivity index (χ0v) is 65.0. The van der Waals surface area contributed by atoms with Gasteiger partial charge in [-0.1, -0.05) is 127 Å². The molecule has 0 amide bonds. The van der Waals surface area contributed by atoms with Crippen LogP contribution in [0.3, 0.4) is 0 Å². The molecule has 0 fully saturated rings. The highest BCUT2D eigenvalue weighted by Crippen LogP contribution is 2.26. The van der Waals surface area contributed by atoms with Crippen LogP contribution in [-0.2, 0) is 49.3 Å². The average molecular weight is 1380 g/mol. The molecule has 0 aliphatic rings. The van der Waals surface area contributed by atoms with Crippen molar-refractivity contribution in [1.82, 2.24) is 0 Å². The van der Waals surface area contributed by atoms with Crippen LogP contribution >= 0.6 is 0 Å². The van der Waals surface area contributed by atoms with Gasteiger partial charge in [0.05, 0.1) is 0 Å². The Hall–Kier alpha value is -11.4. The minimum absolute atomic E-state index is 0.363. The largest absolute Gasteiger partial charge is 0.212 e. The maximum absolute atomic E-state index is 7.41. The molecule has 14 aromatic rings. The fourth-order valence-corrected chi connectivity index (χ4v) is 12.5. The minimum atomic E-state index is -2.05. The Balaban J connectivity index is 0.000000158. The molecule has 0 spiro atoms. The summed E-state index contributed by atoms with van der Waals surface area (Å²) in [7, 11) is 14.4. The molecule has 14 rings (SSSR count). The molecule has 7 heteroatoms. The lowest BCUT2D eigenvalue weighted by atomic mass is 10.0. The van der Waals surface area contributed by atoms with Crippen molar-refractivity contribution >= 4 is 0 Å². The van der Waals surface area contributed by atoms with Crippen LogP contribution < -0.4 is 32.0 Å². The van der Waals surface area contributed by atoms with Gasteiger partial charge >= 0.3 is 0 Å². The molecule has 7 aromatic carbocycles. The summed E-state index contributed by atoms with van der Waals surface area (Å²) >= 11 is 0. The van der Waals surface area contributed by atoms with Gasteiger partial charge in [0.15, 0.2) is 42.4 Å². The lowest BCUT2D eigenvalue weighted by Gasteiger charge is -2.04. The molecule has 0 atom stereocenters. The standard InChI is InChI=1S/6C14H16N.C13H14N/c2*1-11-7-4-5-9-13(11)14-10-6-8-12(2)15(14)3;2*1-11-8-9-15(3)14(10-11)13-7-5-4-6-12(13)2;2*1-11-8-9-14(15(3)10-11)13-7-5-4-6-12(13)2;1-11-7-3-4-8-12(11)13-9-5-6-10-14(13)2/h6*4-10H,1-3H3;3-10H,1-2H3/q7*+1/i;;;;1D3;;. The molecular formula is C97H110N7+7. The van der Waals surface area contributed by atoms with Gasteiger partial charge in [0.1, 0.15) is 49.3 Å². The molecule has 0 aliphatic heterocycles. The van der Waals surface area contributed by atoms with E-state index in [0.29, 0.717) is 5.56 Å². The predicted molar refractivity (Wildman–Crippen MR) is 433 cm³/mol. The summed E-state index contributed by atoms with van der Waals surface area (Å²) < 4.78 is 37.2. The summed E-state index contributed by atoms with van der Waals surface area (Å²) in [5, 5.41) is 0. The molecule has 0 N–H and O–H groups in total. The first kappa shape index (κ1) is 73.8. The molecule has 7 nitrogen and oxygen atoms in total. The summed E-state index contributed by atoms with van der Waals surface area (Å²) in [6, 6.07) is 94.6. The Labute approximate surface area is 627 Å². The molecule has 0 bridgehead atoms. The summed E-state index contributed by atoms with van der Waals surface area (Å²) in [5.41, 5.74) is 33.5. The summed E-state index contributed by atoms with van der Waals surface area (Å²) in [6.45, 7) is 23.5. The topological polar surface area (TPSA) is 27.2 Å². The van der Waals surface area contributed by atoms with Gasteiger partial charge in [-0.15, -0.1) is 0 Å². The molecular weight excluding hydrogens is 1260 g/mol. The van der Waals surface area contributed by atoms with Crippen molar-refractivity contribution in [2.75, 3.05) is 0 Å². The molecule has 7 heterocycles. The van der Waals surface area contributed by atoms with E-state index >= 15 is 0 Å². The van der Waals surface area contributed by atoms with Crippen LogP contribution in [0.25, 0.3) is 78.8 Å². The van der Waals surface area contributed by atoms with Gasteiger partial charge in [-0.2, -0.15) is 9.13 Å². The first-order valence-corrected chi connectivity index (χ1v) is 35.8. The number of aryl methyl sites for hydroxylation is 18. The van der Waals surface area contributed by atoms with E-state index < -0.39 is 6.85 Å². The third-order valence-electron chi connectivity index (χ3n) is 19.0. The van der Waals surface area contributed by atoms with E-state index in [1.54, 1.807) is 12.3 Å². The fourth-order valence-electron chi connectivity index (χ4n) is 12.5. The number of rotatable bonds is 7. The smallest absolute Gasteiger partial charge is 0.201 e. The van der Waals surface area contributed by atoms with E-state index in [2.05, 4.69) is 401 Å². The van der Waals surface area contributed by atoms with Crippen LogP contribution in [0.15, 0.2) is 304 Å². The van der Waals surface area contributed by atoms with Crippen molar-refractivity contribution in [3.63, 3.8) is 0 Å². The second-order valence-electron chi connectivity index (χ2n) is 27.1. The van der Waals surface area contributed by atoms with E-state index in [1.165, 1.54) is 135 Å². The van der Waals surface area contributed by atoms with E-state index in [0.717, 1.165) is 11.3 Å². The van der Waals surface area contributed by atoms with Crippen molar-refractivity contribution in [2.24, 2.45) is 49.3 Å². The van der Waals surface area contributed by atoms with E-state index in [1.807, 2.05) is 54.9 Å². The van der Waals surface area contributed by atoms with E-state index in [-0.39, 0.29) is 0 Å². The maximum Gasteiger partial charge on any atom is 0.212 e. The lowest BCUT2D eigenvalue weighted by molar-refractivity contribution is -0.666. The fraction of sp³-hybridized carbons (Fsp3) is 0.206. The van der Waals surface area contributed by atoms with Crippen molar-refractivity contribution in [3.05, 3.63) is 377 Å². The Bertz CT molecular complexity index is 4990. The summed E-state index contributed by atoms with van der Waals surface area (Å²) in [4.78, 5) is 0. The van der Waals surface area contributed by atoms with Crippen molar-refractivity contribution in [3.8, 4) is 78.8 Å². The lowest BCUT2D eigenvalue weighted by Crippen LogP contribution is -2.34. The molecule has 0 aliphatic carbocycles. The zero-order valence-electron chi connectivity index (χ0n) is 68.0. The maximum atomic E-state index is 7.41. The normalized spacial score (nSPS) is 10.9. The van der Waals surface area contributed by atoms with Crippen LogP contribution in [-0.4, -0.2) is 0 Å². The van der Waals surface area contributed by atoms with Crippen LogP contribution in [0.5, 0.6) is 0 Å². The number of aromatic nitrogens is 7. The predicted octanol–water partition coefficient (Wildman–Crippen LogP) is 19.3. The van der Waals surface area contributed by atoms with Gasteiger partial charge in [-0.3, -0.25) is 0 Å². The molecule has 0 saturated heterocycles. The van der Waals surface area contributed by atoms with Gasteiger partial charge in [0, 0.05) is 141 Å². The first-order valence-electron chi connectivity index (χ1n) is 37.3. The monoisotopic (exact) mass is 1380 g/mol. The van der Waals surface area contributed by atoms with Crippen molar-refractivity contribution in [2.45, 2.75) is 89.9 Å². The minimum Gasteiger partial charge on any atom is -0.201 e. The number of nitrogens with zero attached hydrogens (tertiary/aromatic N) is 7. The number of benzene rings is 7. The second kappa shape index (κ2) is 38.0. The van der Waals surface area contributed by atoms with Gasteiger partial charge in [-0.25, -0.2) is 22.8 Å². The Kier molecular flexibility index (Phi) is 27.0. The average Bonchev–Trinajstić information content (AvgIpc) is 0.942. The Morgan fingerprint density at radius 1 is 0.202 bits per heavy atom. The molecule has 7 aromatic heterocycles. The number of hydrogen-bond donors (Lipinski definition) is 0.